The van der Waals surface area contributed by atoms with E-state index >= 15 is 0 Å². The van der Waals surface area contributed by atoms with Gasteiger partial charge in [-0.2, -0.15) is 0 Å². The van der Waals surface area contributed by atoms with Crippen LogP contribution in [0.5, 0.6) is 0 Å². The minimum Gasteiger partial charge on any atom is -0.370 e. The van der Waals surface area contributed by atoms with Crippen LogP contribution in [0.1, 0.15) is 6.42 Å². The van der Waals surface area contributed by atoms with Crippen LogP contribution in [-0.2, 0) is 0 Å². The Morgan fingerprint density at radius 2 is 1.76 bits per heavy atom. The smallest absolute Gasteiger partial charge is 0.134 e. The van der Waals surface area contributed by atoms with Crippen molar-refractivity contribution < 1.29 is 0 Å². The van der Waals surface area contributed by atoms with Gasteiger partial charge in [0.15, 0.2) is 0 Å². The summed E-state index contributed by atoms with van der Waals surface area (Å²) in [5, 5.41) is 3.39. The monoisotopic (exact) mass is 341 g/mol. The first kappa shape index (κ1) is 17.4. The summed E-state index contributed by atoms with van der Waals surface area (Å²) >= 11 is 0. The standard InChI is InChI=1S/C18H27N7/c1-23(2)9-5-8-19-16-14-18(22-15-21-16)25-12-10-24(11-13-25)17-6-3-4-7-20-17/h3-4,6-7,14-15H,5,8-13H2,1-2H3,(H,19,21,22). The van der Waals surface area contributed by atoms with Crippen molar-refractivity contribution in [3.05, 3.63) is 36.8 Å². The molecule has 1 aliphatic rings. The van der Waals surface area contributed by atoms with Gasteiger partial charge in [0.1, 0.15) is 23.8 Å². The number of hydrogen-bond acceptors (Lipinski definition) is 7. The molecule has 0 bridgehead atoms. The van der Waals surface area contributed by atoms with Crippen LogP contribution in [0, 0.1) is 0 Å². The number of piperazine rings is 1. The van der Waals surface area contributed by atoms with E-state index in [1.54, 1.807) is 6.33 Å². The summed E-state index contributed by atoms with van der Waals surface area (Å²) in [7, 11) is 4.18. The zero-order valence-corrected chi connectivity index (χ0v) is 15.1. The fourth-order valence-electron chi connectivity index (χ4n) is 2.93. The van der Waals surface area contributed by atoms with E-state index in [4.69, 9.17) is 0 Å². The van der Waals surface area contributed by atoms with Crippen molar-refractivity contribution in [1.29, 1.82) is 0 Å². The highest BCUT2D eigenvalue weighted by molar-refractivity contribution is 5.50. The summed E-state index contributed by atoms with van der Waals surface area (Å²) in [5.74, 6) is 2.94. The molecule has 1 saturated heterocycles. The third kappa shape index (κ3) is 5.03. The van der Waals surface area contributed by atoms with E-state index in [9.17, 15) is 0 Å². The molecular formula is C18H27N7. The normalized spacial score (nSPS) is 14.8. The van der Waals surface area contributed by atoms with E-state index in [1.165, 1.54) is 0 Å². The van der Waals surface area contributed by atoms with Crippen LogP contribution >= 0.6 is 0 Å². The molecule has 0 amide bonds. The van der Waals surface area contributed by atoms with Gasteiger partial charge in [-0.25, -0.2) is 15.0 Å². The first-order valence-electron chi connectivity index (χ1n) is 8.84. The topological polar surface area (TPSA) is 60.4 Å². The molecule has 0 atom stereocenters. The fourth-order valence-corrected chi connectivity index (χ4v) is 2.93. The van der Waals surface area contributed by atoms with Gasteiger partial charge in [-0.3, -0.25) is 0 Å². The van der Waals surface area contributed by atoms with Crippen molar-refractivity contribution in [2.45, 2.75) is 6.42 Å². The highest BCUT2D eigenvalue weighted by Gasteiger charge is 2.19. The SMILES string of the molecule is CN(C)CCCNc1cc(N2CCN(c3ccccn3)CC2)ncn1. The molecule has 1 N–H and O–H groups in total. The Hall–Kier alpha value is -2.41. The summed E-state index contributed by atoms with van der Waals surface area (Å²) in [6, 6.07) is 8.10. The van der Waals surface area contributed by atoms with Crippen molar-refractivity contribution in [2.75, 3.05) is 68.5 Å². The lowest BCUT2D eigenvalue weighted by atomic mass is 10.3. The van der Waals surface area contributed by atoms with Gasteiger partial charge < -0.3 is 20.0 Å². The summed E-state index contributed by atoms with van der Waals surface area (Å²) in [6.07, 6.45) is 4.59. The number of aromatic nitrogens is 3. The van der Waals surface area contributed by atoms with Gasteiger partial charge in [-0.05, 0) is 39.2 Å². The fraction of sp³-hybridized carbons (Fsp3) is 0.500. The second-order valence-corrected chi connectivity index (χ2v) is 6.51. The van der Waals surface area contributed by atoms with Crippen molar-refractivity contribution in [3.63, 3.8) is 0 Å². The maximum Gasteiger partial charge on any atom is 0.134 e. The summed E-state index contributed by atoms with van der Waals surface area (Å²) in [6.45, 7) is 5.77. The number of hydrogen-bond donors (Lipinski definition) is 1. The van der Waals surface area contributed by atoms with Gasteiger partial charge >= 0.3 is 0 Å². The van der Waals surface area contributed by atoms with Gasteiger partial charge in [0.05, 0.1) is 0 Å². The lowest BCUT2D eigenvalue weighted by Gasteiger charge is -2.36. The second-order valence-electron chi connectivity index (χ2n) is 6.51. The zero-order valence-electron chi connectivity index (χ0n) is 15.1. The maximum absolute atomic E-state index is 4.45. The Bertz CT molecular complexity index is 639. The molecular weight excluding hydrogens is 314 g/mol. The lowest BCUT2D eigenvalue weighted by molar-refractivity contribution is 0.405. The van der Waals surface area contributed by atoms with Crippen molar-refractivity contribution >= 4 is 17.5 Å². The zero-order chi connectivity index (χ0) is 17.5. The number of nitrogens with zero attached hydrogens (tertiary/aromatic N) is 6. The molecule has 1 aliphatic heterocycles. The van der Waals surface area contributed by atoms with Crippen LogP contribution in [0.15, 0.2) is 36.8 Å². The van der Waals surface area contributed by atoms with Crippen LogP contribution in [0.2, 0.25) is 0 Å². The minimum atomic E-state index is 0.899. The van der Waals surface area contributed by atoms with Crippen LogP contribution in [0.25, 0.3) is 0 Å². The Kier molecular flexibility index (Phi) is 6.00. The molecule has 0 unspecified atom stereocenters. The molecule has 0 radical (unpaired) electrons. The number of pyridine rings is 1. The van der Waals surface area contributed by atoms with E-state index in [0.717, 1.165) is 63.1 Å². The third-order valence-corrected chi connectivity index (χ3v) is 4.32. The molecule has 134 valence electrons. The molecule has 3 heterocycles. The van der Waals surface area contributed by atoms with Gasteiger partial charge in [0, 0.05) is 45.0 Å². The van der Waals surface area contributed by atoms with E-state index in [-0.39, 0.29) is 0 Å². The predicted molar refractivity (Wildman–Crippen MR) is 102 cm³/mol. The molecule has 0 aliphatic carbocycles. The van der Waals surface area contributed by atoms with Crippen molar-refractivity contribution in [3.8, 4) is 0 Å². The van der Waals surface area contributed by atoms with Crippen LogP contribution in [0.4, 0.5) is 17.5 Å². The first-order valence-corrected chi connectivity index (χ1v) is 8.84. The van der Waals surface area contributed by atoms with Crippen molar-refractivity contribution in [1.82, 2.24) is 19.9 Å². The maximum atomic E-state index is 4.45. The van der Waals surface area contributed by atoms with Gasteiger partial charge in [-0.1, -0.05) is 6.07 Å². The Labute approximate surface area is 149 Å². The van der Waals surface area contributed by atoms with Crippen LogP contribution < -0.4 is 15.1 Å². The first-order chi connectivity index (χ1) is 12.2. The molecule has 3 rings (SSSR count). The Morgan fingerprint density at radius 1 is 1.00 bits per heavy atom. The average Bonchev–Trinajstić information content (AvgIpc) is 2.66. The molecule has 1 fully saturated rings. The lowest BCUT2D eigenvalue weighted by Crippen LogP contribution is -2.47. The number of rotatable bonds is 7. The molecule has 7 heteroatoms. The Morgan fingerprint density at radius 3 is 2.44 bits per heavy atom. The van der Waals surface area contributed by atoms with Gasteiger partial charge in [0.25, 0.3) is 0 Å². The summed E-state index contributed by atoms with van der Waals surface area (Å²) in [5.41, 5.74) is 0. The van der Waals surface area contributed by atoms with Crippen LogP contribution in [-0.4, -0.2) is 73.2 Å². The predicted octanol–water partition coefficient (Wildman–Crippen LogP) is 1.56. The second kappa shape index (κ2) is 8.62. The van der Waals surface area contributed by atoms with Crippen LogP contribution in [0.3, 0.4) is 0 Å². The van der Waals surface area contributed by atoms with Crippen molar-refractivity contribution in [2.24, 2.45) is 0 Å². The van der Waals surface area contributed by atoms with Gasteiger partial charge in [-0.15, -0.1) is 0 Å². The van der Waals surface area contributed by atoms with Gasteiger partial charge in [0.2, 0.25) is 0 Å². The Balaban J connectivity index is 1.52. The summed E-state index contributed by atoms with van der Waals surface area (Å²) < 4.78 is 0. The number of anilines is 3. The van der Waals surface area contributed by atoms with E-state index < -0.39 is 0 Å². The molecule has 2 aromatic rings. The highest BCUT2D eigenvalue weighted by Crippen LogP contribution is 2.18. The third-order valence-electron chi connectivity index (χ3n) is 4.32. The quantitative estimate of drug-likeness (QED) is 0.767. The summed E-state index contributed by atoms with van der Waals surface area (Å²) in [4.78, 5) is 20.0. The highest BCUT2D eigenvalue weighted by atomic mass is 15.3. The molecule has 0 spiro atoms. The largest absolute Gasteiger partial charge is 0.370 e. The minimum absolute atomic E-state index is 0.899. The average molecular weight is 341 g/mol. The molecule has 0 saturated carbocycles. The molecule has 25 heavy (non-hydrogen) atoms. The van der Waals surface area contributed by atoms with E-state index in [1.807, 2.05) is 24.4 Å². The molecule has 7 nitrogen and oxygen atoms in total. The molecule has 0 aromatic carbocycles. The molecule has 2 aromatic heterocycles. The van der Waals surface area contributed by atoms with E-state index in [2.05, 4.69) is 55.1 Å². The van der Waals surface area contributed by atoms with E-state index in [0.29, 0.717) is 0 Å². The number of nitrogens with one attached hydrogen (secondary N) is 1.